The summed E-state index contributed by atoms with van der Waals surface area (Å²) in [6.45, 7) is 3.65. The van der Waals surface area contributed by atoms with Crippen molar-refractivity contribution in [3.8, 4) is 0 Å². The fourth-order valence-corrected chi connectivity index (χ4v) is 2.83. The van der Waals surface area contributed by atoms with Crippen LogP contribution in [-0.4, -0.2) is 50.1 Å². The molecular weight excluding hydrogens is 214 g/mol. The molecule has 1 saturated heterocycles. The minimum absolute atomic E-state index is 0.0164. The van der Waals surface area contributed by atoms with E-state index in [2.05, 4.69) is 22.6 Å². The number of piperazine rings is 1. The van der Waals surface area contributed by atoms with Gasteiger partial charge in [-0.1, -0.05) is 19.3 Å². The van der Waals surface area contributed by atoms with Gasteiger partial charge in [0, 0.05) is 26.2 Å². The molecule has 0 aromatic heterocycles. The first-order valence-corrected chi connectivity index (χ1v) is 6.95. The molecule has 1 atom stereocenters. The molecule has 0 bridgehead atoms. The first kappa shape index (κ1) is 12.8. The van der Waals surface area contributed by atoms with Gasteiger partial charge in [-0.25, -0.2) is 0 Å². The van der Waals surface area contributed by atoms with Gasteiger partial charge in [-0.3, -0.25) is 4.79 Å². The standard InChI is InChI=1S/C13H25N3O/c1-16-8-7-14-12(10-16)13(17)15-9-11-5-3-2-4-6-11/h11-12,14H,2-10H2,1H3,(H,15,17). The zero-order valence-corrected chi connectivity index (χ0v) is 10.9. The summed E-state index contributed by atoms with van der Waals surface area (Å²) in [5.41, 5.74) is 0. The second-order valence-electron chi connectivity index (χ2n) is 5.52. The van der Waals surface area contributed by atoms with Gasteiger partial charge in [0.1, 0.15) is 0 Å². The Labute approximate surface area is 104 Å². The van der Waals surface area contributed by atoms with E-state index in [1.807, 2.05) is 0 Å². The van der Waals surface area contributed by atoms with Crippen molar-refractivity contribution in [2.45, 2.75) is 38.1 Å². The maximum atomic E-state index is 12.0. The molecule has 1 heterocycles. The summed E-state index contributed by atoms with van der Waals surface area (Å²) in [6.07, 6.45) is 6.63. The Morgan fingerprint density at radius 2 is 2.12 bits per heavy atom. The van der Waals surface area contributed by atoms with Crippen molar-refractivity contribution < 1.29 is 4.79 Å². The molecule has 98 valence electrons. The van der Waals surface area contributed by atoms with Gasteiger partial charge < -0.3 is 15.5 Å². The van der Waals surface area contributed by atoms with E-state index in [9.17, 15) is 4.79 Å². The Kier molecular flexibility index (Phi) is 4.80. The lowest BCUT2D eigenvalue weighted by Gasteiger charge is -2.30. The Balaban J connectivity index is 1.69. The fourth-order valence-electron chi connectivity index (χ4n) is 2.83. The Hall–Kier alpha value is -0.610. The van der Waals surface area contributed by atoms with E-state index in [4.69, 9.17) is 0 Å². The van der Waals surface area contributed by atoms with E-state index in [0.29, 0.717) is 5.92 Å². The van der Waals surface area contributed by atoms with Gasteiger partial charge in [-0.05, 0) is 25.8 Å². The molecule has 1 amide bonds. The average Bonchev–Trinajstić information content (AvgIpc) is 2.37. The summed E-state index contributed by atoms with van der Waals surface area (Å²) >= 11 is 0. The number of amides is 1. The van der Waals surface area contributed by atoms with Gasteiger partial charge in [-0.2, -0.15) is 0 Å². The van der Waals surface area contributed by atoms with Crippen LogP contribution in [0.5, 0.6) is 0 Å². The molecule has 1 aliphatic carbocycles. The van der Waals surface area contributed by atoms with Crippen LogP contribution in [0.15, 0.2) is 0 Å². The summed E-state index contributed by atoms with van der Waals surface area (Å²) < 4.78 is 0. The number of nitrogens with one attached hydrogen (secondary N) is 2. The first-order chi connectivity index (χ1) is 8.25. The molecular formula is C13H25N3O. The average molecular weight is 239 g/mol. The molecule has 2 fully saturated rings. The zero-order valence-electron chi connectivity index (χ0n) is 10.9. The van der Waals surface area contributed by atoms with Crippen molar-refractivity contribution in [2.75, 3.05) is 33.2 Å². The van der Waals surface area contributed by atoms with Gasteiger partial charge in [0.15, 0.2) is 0 Å². The molecule has 2 aliphatic rings. The van der Waals surface area contributed by atoms with Crippen LogP contribution in [-0.2, 0) is 4.79 Å². The van der Waals surface area contributed by atoms with Crippen molar-refractivity contribution >= 4 is 5.91 Å². The predicted octanol–water partition coefficient (Wildman–Crippen LogP) is 0.586. The summed E-state index contributed by atoms with van der Waals surface area (Å²) in [6, 6.07) is -0.0164. The highest BCUT2D eigenvalue weighted by Crippen LogP contribution is 2.22. The molecule has 4 heteroatoms. The number of hydrogen-bond donors (Lipinski definition) is 2. The molecule has 17 heavy (non-hydrogen) atoms. The summed E-state index contributed by atoms with van der Waals surface area (Å²) in [5, 5.41) is 6.40. The lowest BCUT2D eigenvalue weighted by atomic mass is 9.89. The van der Waals surface area contributed by atoms with E-state index in [0.717, 1.165) is 26.2 Å². The molecule has 2 rings (SSSR count). The van der Waals surface area contributed by atoms with E-state index in [1.54, 1.807) is 0 Å². The quantitative estimate of drug-likeness (QED) is 0.757. The molecule has 0 radical (unpaired) electrons. The van der Waals surface area contributed by atoms with Crippen LogP contribution < -0.4 is 10.6 Å². The van der Waals surface area contributed by atoms with Crippen LogP contribution in [0.2, 0.25) is 0 Å². The SMILES string of the molecule is CN1CCNC(C(=O)NCC2CCCCC2)C1. The fraction of sp³-hybridized carbons (Fsp3) is 0.923. The maximum absolute atomic E-state index is 12.0. The highest BCUT2D eigenvalue weighted by Gasteiger charge is 2.24. The van der Waals surface area contributed by atoms with Crippen LogP contribution >= 0.6 is 0 Å². The largest absolute Gasteiger partial charge is 0.354 e. The number of carbonyl (C=O) groups is 1. The van der Waals surface area contributed by atoms with Crippen molar-refractivity contribution in [3.63, 3.8) is 0 Å². The molecule has 0 aromatic rings. The number of rotatable bonds is 3. The third-order valence-electron chi connectivity index (χ3n) is 3.98. The molecule has 0 spiro atoms. The Morgan fingerprint density at radius 3 is 2.82 bits per heavy atom. The smallest absolute Gasteiger partial charge is 0.238 e. The molecule has 1 saturated carbocycles. The normalized spacial score (nSPS) is 27.9. The van der Waals surface area contributed by atoms with Crippen molar-refractivity contribution in [1.82, 2.24) is 15.5 Å². The van der Waals surface area contributed by atoms with E-state index in [1.165, 1.54) is 32.1 Å². The molecule has 1 aliphatic heterocycles. The monoisotopic (exact) mass is 239 g/mol. The van der Waals surface area contributed by atoms with Gasteiger partial charge in [-0.15, -0.1) is 0 Å². The van der Waals surface area contributed by atoms with Crippen molar-refractivity contribution in [1.29, 1.82) is 0 Å². The summed E-state index contributed by atoms with van der Waals surface area (Å²) in [7, 11) is 2.07. The Bertz CT molecular complexity index is 251. The number of likely N-dealkylation sites (N-methyl/N-ethyl adjacent to an activating group) is 1. The molecule has 0 aromatic carbocycles. The van der Waals surface area contributed by atoms with Crippen LogP contribution in [0.3, 0.4) is 0 Å². The predicted molar refractivity (Wildman–Crippen MR) is 68.9 cm³/mol. The van der Waals surface area contributed by atoms with Crippen LogP contribution in [0.4, 0.5) is 0 Å². The van der Waals surface area contributed by atoms with Gasteiger partial charge in [0.25, 0.3) is 0 Å². The van der Waals surface area contributed by atoms with Crippen molar-refractivity contribution in [3.05, 3.63) is 0 Å². The van der Waals surface area contributed by atoms with Crippen LogP contribution in [0.25, 0.3) is 0 Å². The second kappa shape index (κ2) is 6.36. The third kappa shape index (κ3) is 3.96. The first-order valence-electron chi connectivity index (χ1n) is 6.95. The van der Waals surface area contributed by atoms with Gasteiger partial charge in [0.2, 0.25) is 5.91 Å². The highest BCUT2D eigenvalue weighted by atomic mass is 16.2. The zero-order chi connectivity index (χ0) is 12.1. The third-order valence-corrected chi connectivity index (χ3v) is 3.98. The number of hydrogen-bond acceptors (Lipinski definition) is 3. The lowest BCUT2D eigenvalue weighted by molar-refractivity contribution is -0.124. The van der Waals surface area contributed by atoms with E-state index < -0.39 is 0 Å². The minimum Gasteiger partial charge on any atom is -0.354 e. The second-order valence-corrected chi connectivity index (χ2v) is 5.52. The van der Waals surface area contributed by atoms with Crippen molar-refractivity contribution in [2.24, 2.45) is 5.92 Å². The summed E-state index contributed by atoms with van der Waals surface area (Å²) in [4.78, 5) is 14.2. The lowest BCUT2D eigenvalue weighted by Crippen LogP contribution is -2.56. The molecule has 1 unspecified atom stereocenters. The minimum atomic E-state index is -0.0164. The van der Waals surface area contributed by atoms with Crippen LogP contribution in [0.1, 0.15) is 32.1 Å². The summed E-state index contributed by atoms with van der Waals surface area (Å²) in [5.74, 6) is 0.899. The Morgan fingerprint density at radius 1 is 1.35 bits per heavy atom. The van der Waals surface area contributed by atoms with Crippen LogP contribution in [0, 0.1) is 5.92 Å². The van der Waals surface area contributed by atoms with Gasteiger partial charge >= 0.3 is 0 Å². The number of nitrogens with zero attached hydrogens (tertiary/aromatic N) is 1. The maximum Gasteiger partial charge on any atom is 0.238 e. The molecule has 2 N–H and O–H groups in total. The number of carbonyl (C=O) groups excluding carboxylic acids is 1. The topological polar surface area (TPSA) is 44.4 Å². The highest BCUT2D eigenvalue weighted by molar-refractivity contribution is 5.82. The van der Waals surface area contributed by atoms with Gasteiger partial charge in [0.05, 0.1) is 6.04 Å². The van der Waals surface area contributed by atoms with E-state index in [-0.39, 0.29) is 11.9 Å². The molecule has 4 nitrogen and oxygen atoms in total. The van der Waals surface area contributed by atoms with E-state index >= 15 is 0 Å².